The minimum atomic E-state index is -1.14. The second-order valence-electron chi connectivity index (χ2n) is 4.63. The first-order chi connectivity index (χ1) is 9.88. The van der Waals surface area contributed by atoms with Crippen LogP contribution in [0.1, 0.15) is 4.88 Å². The molecule has 2 rings (SSSR count). The van der Waals surface area contributed by atoms with E-state index in [0.717, 1.165) is 9.78 Å². The minimum absolute atomic E-state index is 0.0847. The Bertz CT molecular complexity index is 577. The van der Waals surface area contributed by atoms with Crippen molar-refractivity contribution in [1.29, 1.82) is 0 Å². The van der Waals surface area contributed by atoms with Gasteiger partial charge < -0.3 is 15.3 Å². The summed E-state index contributed by atoms with van der Waals surface area (Å²) in [6.07, 6.45) is 0. The van der Waals surface area contributed by atoms with Gasteiger partial charge in [-0.25, -0.2) is 9.59 Å². The van der Waals surface area contributed by atoms with Crippen LogP contribution in [0, 0.1) is 0 Å². The fraction of sp³-hybridized carbons (Fsp3) is 0.417. The zero-order valence-corrected chi connectivity index (χ0v) is 12.8. The van der Waals surface area contributed by atoms with Crippen LogP contribution in [0.5, 0.6) is 0 Å². The fourth-order valence-electron chi connectivity index (χ4n) is 2.02. The van der Waals surface area contributed by atoms with E-state index < -0.39 is 18.0 Å². The number of hydrogen-bond acceptors (Lipinski definition) is 4. The molecule has 114 valence electrons. The number of urea groups is 1. The number of halogens is 1. The number of amides is 3. The second-order valence-corrected chi connectivity index (χ2v) is 6.43. The molecule has 0 radical (unpaired) electrons. The van der Waals surface area contributed by atoms with Crippen LogP contribution >= 0.6 is 22.9 Å². The Morgan fingerprint density at radius 1 is 1.57 bits per heavy atom. The van der Waals surface area contributed by atoms with Crippen molar-refractivity contribution in [2.45, 2.75) is 12.6 Å². The van der Waals surface area contributed by atoms with Crippen LogP contribution in [0.15, 0.2) is 12.1 Å². The molecule has 3 amide bonds. The zero-order valence-electron chi connectivity index (χ0n) is 11.2. The van der Waals surface area contributed by atoms with Gasteiger partial charge in [0.15, 0.2) is 0 Å². The summed E-state index contributed by atoms with van der Waals surface area (Å²) >= 11 is 7.18. The number of carboxylic acid groups (broad SMARTS) is 1. The normalized spacial score (nSPS) is 18.3. The molecule has 1 atom stereocenters. The van der Waals surface area contributed by atoms with Gasteiger partial charge in [0, 0.05) is 18.5 Å². The quantitative estimate of drug-likeness (QED) is 0.858. The molecule has 2 heterocycles. The number of aliphatic carboxylic acids is 1. The van der Waals surface area contributed by atoms with E-state index in [9.17, 15) is 14.4 Å². The van der Waals surface area contributed by atoms with Gasteiger partial charge in [0.2, 0.25) is 5.91 Å². The van der Waals surface area contributed by atoms with Gasteiger partial charge in [0.1, 0.15) is 12.6 Å². The molecule has 1 saturated heterocycles. The molecule has 2 N–H and O–H groups in total. The summed E-state index contributed by atoms with van der Waals surface area (Å²) in [6, 6.07) is 1.98. The van der Waals surface area contributed by atoms with Gasteiger partial charge in [-0.1, -0.05) is 11.6 Å². The average molecular weight is 332 g/mol. The Morgan fingerprint density at radius 2 is 2.29 bits per heavy atom. The van der Waals surface area contributed by atoms with Gasteiger partial charge in [-0.15, -0.1) is 11.3 Å². The molecule has 1 fully saturated rings. The van der Waals surface area contributed by atoms with Crippen molar-refractivity contribution in [3.05, 3.63) is 21.3 Å². The number of hydrogen-bond donors (Lipinski definition) is 2. The van der Waals surface area contributed by atoms with E-state index in [1.165, 1.54) is 16.2 Å². The standard InChI is InChI=1S/C12H14ClN3O4S/c1-15(5-7-2-3-9(13)21-7)12(20)16-6-10(17)14-4-8(16)11(18)19/h2-3,8H,4-6H2,1H3,(H,14,17)(H,18,19). The molecule has 0 bridgehead atoms. The van der Waals surface area contributed by atoms with E-state index in [0.29, 0.717) is 10.9 Å². The fourth-order valence-corrected chi connectivity index (χ4v) is 3.16. The highest BCUT2D eigenvalue weighted by Crippen LogP contribution is 2.23. The van der Waals surface area contributed by atoms with E-state index in [4.69, 9.17) is 16.7 Å². The van der Waals surface area contributed by atoms with Gasteiger partial charge in [-0.2, -0.15) is 0 Å². The van der Waals surface area contributed by atoms with Crippen LogP contribution in [-0.4, -0.2) is 59.0 Å². The molecule has 0 aliphatic carbocycles. The number of carboxylic acids is 1. The maximum atomic E-state index is 12.3. The van der Waals surface area contributed by atoms with Crippen LogP contribution in [0.3, 0.4) is 0 Å². The number of thiophene rings is 1. The first-order valence-corrected chi connectivity index (χ1v) is 7.33. The van der Waals surface area contributed by atoms with Gasteiger partial charge in [-0.05, 0) is 12.1 Å². The molecule has 1 aromatic heterocycles. The molecule has 9 heteroatoms. The predicted octanol–water partition coefficient (Wildman–Crippen LogP) is 0.838. The summed E-state index contributed by atoms with van der Waals surface area (Å²) in [7, 11) is 1.56. The Balaban J connectivity index is 2.08. The first kappa shape index (κ1) is 15.6. The largest absolute Gasteiger partial charge is 0.480 e. The Hall–Kier alpha value is -1.80. The zero-order chi connectivity index (χ0) is 15.6. The smallest absolute Gasteiger partial charge is 0.328 e. The highest BCUT2D eigenvalue weighted by atomic mass is 35.5. The van der Waals surface area contributed by atoms with Gasteiger partial charge in [-0.3, -0.25) is 9.69 Å². The maximum Gasteiger partial charge on any atom is 0.328 e. The predicted molar refractivity (Wildman–Crippen MR) is 77.3 cm³/mol. The summed E-state index contributed by atoms with van der Waals surface area (Å²) < 4.78 is 0.617. The van der Waals surface area contributed by atoms with Crippen LogP contribution in [0.25, 0.3) is 0 Å². The second kappa shape index (κ2) is 6.31. The number of rotatable bonds is 3. The van der Waals surface area contributed by atoms with Gasteiger partial charge >= 0.3 is 12.0 Å². The number of piperazine rings is 1. The van der Waals surface area contributed by atoms with Crippen molar-refractivity contribution in [2.75, 3.05) is 20.1 Å². The monoisotopic (exact) mass is 331 g/mol. The van der Waals surface area contributed by atoms with Crippen LogP contribution < -0.4 is 5.32 Å². The highest BCUT2D eigenvalue weighted by Gasteiger charge is 2.36. The van der Waals surface area contributed by atoms with Crippen molar-refractivity contribution in [3.63, 3.8) is 0 Å². The summed E-state index contributed by atoms with van der Waals surface area (Å²) in [4.78, 5) is 38.2. The number of carbonyl (C=O) groups is 3. The SMILES string of the molecule is CN(Cc1ccc(Cl)s1)C(=O)N1CC(=O)NCC1C(=O)O. The number of carbonyl (C=O) groups excluding carboxylic acids is 2. The van der Waals surface area contributed by atoms with Gasteiger partial charge in [0.25, 0.3) is 0 Å². The van der Waals surface area contributed by atoms with Crippen molar-refractivity contribution in [1.82, 2.24) is 15.1 Å². The van der Waals surface area contributed by atoms with Crippen LogP contribution in [0.2, 0.25) is 4.34 Å². The molecule has 0 spiro atoms. The molecule has 0 saturated carbocycles. The Morgan fingerprint density at radius 3 is 2.86 bits per heavy atom. The average Bonchev–Trinajstić information content (AvgIpc) is 2.82. The summed E-state index contributed by atoms with van der Waals surface area (Å²) in [5, 5.41) is 11.6. The third-order valence-electron chi connectivity index (χ3n) is 3.06. The lowest BCUT2D eigenvalue weighted by atomic mass is 10.2. The number of nitrogens with zero attached hydrogens (tertiary/aromatic N) is 2. The lowest BCUT2D eigenvalue weighted by Gasteiger charge is -2.35. The molecule has 0 aromatic carbocycles. The highest BCUT2D eigenvalue weighted by molar-refractivity contribution is 7.16. The Kier molecular flexibility index (Phi) is 4.69. The lowest BCUT2D eigenvalue weighted by Crippen LogP contribution is -2.61. The molecular weight excluding hydrogens is 318 g/mol. The minimum Gasteiger partial charge on any atom is -0.480 e. The van der Waals surface area contributed by atoms with E-state index in [2.05, 4.69) is 5.32 Å². The van der Waals surface area contributed by atoms with Crippen LogP contribution in [-0.2, 0) is 16.1 Å². The lowest BCUT2D eigenvalue weighted by molar-refractivity contribution is -0.144. The summed E-state index contributed by atoms with van der Waals surface area (Å²) in [5.41, 5.74) is 0. The Labute approximate surface area is 130 Å². The molecule has 1 unspecified atom stereocenters. The number of nitrogens with one attached hydrogen (secondary N) is 1. The van der Waals surface area contributed by atoms with Crippen molar-refractivity contribution >= 4 is 40.8 Å². The van der Waals surface area contributed by atoms with E-state index in [1.807, 2.05) is 0 Å². The molecule has 1 aliphatic heterocycles. The maximum absolute atomic E-state index is 12.3. The van der Waals surface area contributed by atoms with Crippen molar-refractivity contribution in [3.8, 4) is 0 Å². The van der Waals surface area contributed by atoms with E-state index in [1.54, 1.807) is 19.2 Å². The molecule has 7 nitrogen and oxygen atoms in total. The first-order valence-electron chi connectivity index (χ1n) is 6.14. The molecule has 1 aliphatic rings. The van der Waals surface area contributed by atoms with Crippen molar-refractivity contribution < 1.29 is 19.5 Å². The summed E-state index contributed by atoms with van der Waals surface area (Å²) in [5.74, 6) is -1.51. The third kappa shape index (κ3) is 3.64. The van der Waals surface area contributed by atoms with Crippen molar-refractivity contribution in [2.24, 2.45) is 0 Å². The molecular formula is C12H14ClN3O4S. The summed E-state index contributed by atoms with van der Waals surface area (Å²) in [6.45, 7) is -0.0371. The van der Waals surface area contributed by atoms with Crippen LogP contribution in [0.4, 0.5) is 4.79 Å². The molecule has 21 heavy (non-hydrogen) atoms. The van der Waals surface area contributed by atoms with E-state index >= 15 is 0 Å². The van der Waals surface area contributed by atoms with Gasteiger partial charge in [0.05, 0.1) is 10.9 Å². The molecule has 1 aromatic rings. The van der Waals surface area contributed by atoms with E-state index in [-0.39, 0.29) is 19.0 Å². The third-order valence-corrected chi connectivity index (χ3v) is 4.28. The topological polar surface area (TPSA) is 90.0 Å².